The Morgan fingerprint density at radius 1 is 1.08 bits per heavy atom. The van der Waals surface area contributed by atoms with Gasteiger partial charge in [-0.05, 0) is 36.8 Å². The minimum absolute atomic E-state index is 0.0217. The van der Waals surface area contributed by atoms with Crippen LogP contribution in [0.25, 0.3) is 0 Å². The summed E-state index contributed by atoms with van der Waals surface area (Å²) in [6.45, 7) is 1.26. The van der Waals surface area contributed by atoms with Gasteiger partial charge < -0.3 is 20.1 Å². The number of para-hydroxylation sites is 1. The Labute approximate surface area is 144 Å². The second-order valence-electron chi connectivity index (χ2n) is 5.25. The van der Waals surface area contributed by atoms with E-state index >= 15 is 0 Å². The van der Waals surface area contributed by atoms with Gasteiger partial charge in [0.2, 0.25) is 5.91 Å². The van der Waals surface area contributed by atoms with E-state index in [1.807, 2.05) is 13.0 Å². The molecule has 0 heterocycles. The molecule has 2 N–H and O–H groups in total. The van der Waals surface area contributed by atoms with Crippen LogP contribution in [0.5, 0.6) is 11.5 Å². The fourth-order valence-corrected chi connectivity index (χ4v) is 2.05. The highest BCUT2D eigenvalue weighted by molar-refractivity contribution is 5.95. The second-order valence-corrected chi connectivity index (χ2v) is 5.25. The van der Waals surface area contributed by atoms with E-state index in [9.17, 15) is 14.0 Å². The van der Waals surface area contributed by atoms with Crippen LogP contribution in [0.3, 0.4) is 0 Å². The van der Waals surface area contributed by atoms with Crippen molar-refractivity contribution in [2.75, 3.05) is 25.6 Å². The zero-order valence-corrected chi connectivity index (χ0v) is 14.0. The van der Waals surface area contributed by atoms with Crippen LogP contribution in [0.15, 0.2) is 42.5 Å². The number of amides is 2. The lowest BCUT2D eigenvalue weighted by molar-refractivity contribution is -0.125. The van der Waals surface area contributed by atoms with Crippen molar-refractivity contribution in [2.24, 2.45) is 0 Å². The molecular formula is C18H19FN2O4. The highest BCUT2D eigenvalue weighted by Gasteiger charge is 2.10. The lowest BCUT2D eigenvalue weighted by Gasteiger charge is -2.12. The second kappa shape index (κ2) is 8.68. The van der Waals surface area contributed by atoms with E-state index < -0.39 is 17.6 Å². The molecule has 7 heteroatoms. The highest BCUT2D eigenvalue weighted by Crippen LogP contribution is 2.24. The lowest BCUT2D eigenvalue weighted by atomic mass is 10.2. The van der Waals surface area contributed by atoms with E-state index in [-0.39, 0.29) is 18.9 Å². The number of halogens is 1. The molecule has 0 fully saturated rings. The molecule has 0 aliphatic rings. The van der Waals surface area contributed by atoms with Gasteiger partial charge in [0.15, 0.2) is 18.2 Å². The van der Waals surface area contributed by atoms with Crippen LogP contribution in [0, 0.1) is 12.7 Å². The van der Waals surface area contributed by atoms with Crippen LogP contribution >= 0.6 is 0 Å². The zero-order valence-electron chi connectivity index (χ0n) is 14.0. The van der Waals surface area contributed by atoms with Crippen LogP contribution in [-0.4, -0.2) is 32.1 Å². The largest absolute Gasteiger partial charge is 0.495 e. The molecule has 0 aliphatic heterocycles. The fourth-order valence-electron chi connectivity index (χ4n) is 2.05. The Kier molecular flexibility index (Phi) is 6.33. The van der Waals surface area contributed by atoms with Crippen LogP contribution in [0.2, 0.25) is 0 Å². The number of hydrogen-bond donors (Lipinski definition) is 2. The standard InChI is InChI=1S/C18H19FN2O4/c1-12-7-8-16(24-2)14(9-12)21-17(22)10-20-18(23)11-25-15-6-4-3-5-13(15)19/h3-9H,10-11H2,1-2H3,(H,20,23)(H,21,22). The van der Waals surface area contributed by atoms with Gasteiger partial charge in [-0.1, -0.05) is 18.2 Å². The average molecular weight is 346 g/mol. The number of rotatable bonds is 7. The third-order valence-corrected chi connectivity index (χ3v) is 3.27. The molecule has 2 aromatic carbocycles. The predicted molar refractivity (Wildman–Crippen MR) is 91.3 cm³/mol. The van der Waals surface area contributed by atoms with E-state index in [0.717, 1.165) is 5.56 Å². The van der Waals surface area contributed by atoms with Crippen molar-refractivity contribution >= 4 is 17.5 Å². The maximum absolute atomic E-state index is 13.4. The van der Waals surface area contributed by atoms with Crippen LogP contribution in [0.1, 0.15) is 5.56 Å². The number of carbonyl (C=O) groups is 2. The molecule has 0 radical (unpaired) electrons. The number of benzene rings is 2. The summed E-state index contributed by atoms with van der Waals surface area (Å²) in [5.74, 6) is -1.00. The van der Waals surface area contributed by atoms with Gasteiger partial charge in [-0.3, -0.25) is 9.59 Å². The van der Waals surface area contributed by atoms with Gasteiger partial charge in [-0.15, -0.1) is 0 Å². The third kappa shape index (κ3) is 5.49. The highest BCUT2D eigenvalue weighted by atomic mass is 19.1. The summed E-state index contributed by atoms with van der Waals surface area (Å²) in [6.07, 6.45) is 0. The topological polar surface area (TPSA) is 76.7 Å². The van der Waals surface area contributed by atoms with E-state index in [1.54, 1.807) is 18.2 Å². The van der Waals surface area contributed by atoms with Gasteiger partial charge in [0.25, 0.3) is 5.91 Å². The van der Waals surface area contributed by atoms with Gasteiger partial charge in [0.1, 0.15) is 5.75 Å². The molecule has 0 spiro atoms. The normalized spacial score (nSPS) is 10.0. The van der Waals surface area contributed by atoms with E-state index in [0.29, 0.717) is 11.4 Å². The molecular weight excluding hydrogens is 327 g/mol. The number of hydrogen-bond acceptors (Lipinski definition) is 4. The maximum atomic E-state index is 13.4. The van der Waals surface area contributed by atoms with E-state index in [2.05, 4.69) is 10.6 Å². The molecule has 0 saturated carbocycles. The Morgan fingerprint density at radius 3 is 2.56 bits per heavy atom. The summed E-state index contributed by atoms with van der Waals surface area (Å²) in [5.41, 5.74) is 1.47. The number of nitrogens with one attached hydrogen (secondary N) is 2. The van der Waals surface area contributed by atoms with Crippen molar-refractivity contribution in [3.63, 3.8) is 0 Å². The minimum atomic E-state index is -0.556. The predicted octanol–water partition coefficient (Wildman–Crippen LogP) is 2.28. The first-order valence-corrected chi connectivity index (χ1v) is 7.58. The summed E-state index contributed by atoms with van der Waals surface area (Å²) >= 11 is 0. The molecule has 2 amide bonds. The molecule has 25 heavy (non-hydrogen) atoms. The Balaban J connectivity index is 1.81. The zero-order chi connectivity index (χ0) is 18.2. The molecule has 0 atom stereocenters. The molecule has 0 aliphatic carbocycles. The molecule has 2 rings (SSSR count). The van der Waals surface area contributed by atoms with E-state index in [1.165, 1.54) is 25.3 Å². The van der Waals surface area contributed by atoms with Crippen LogP contribution in [-0.2, 0) is 9.59 Å². The molecule has 0 saturated heterocycles. The lowest BCUT2D eigenvalue weighted by Crippen LogP contribution is -2.35. The third-order valence-electron chi connectivity index (χ3n) is 3.27. The summed E-state index contributed by atoms with van der Waals surface area (Å²) in [5, 5.41) is 5.07. The van der Waals surface area contributed by atoms with Gasteiger partial charge in [-0.2, -0.15) is 0 Å². The van der Waals surface area contributed by atoms with Crippen molar-refractivity contribution in [1.29, 1.82) is 0 Å². The van der Waals surface area contributed by atoms with Crippen molar-refractivity contribution in [2.45, 2.75) is 6.92 Å². The SMILES string of the molecule is COc1ccc(C)cc1NC(=O)CNC(=O)COc1ccccc1F. The van der Waals surface area contributed by atoms with Crippen LogP contribution in [0.4, 0.5) is 10.1 Å². The van der Waals surface area contributed by atoms with Crippen LogP contribution < -0.4 is 20.1 Å². The smallest absolute Gasteiger partial charge is 0.258 e. The molecule has 132 valence electrons. The fraction of sp³-hybridized carbons (Fsp3) is 0.222. The van der Waals surface area contributed by atoms with Gasteiger partial charge in [0.05, 0.1) is 19.3 Å². The van der Waals surface area contributed by atoms with Crippen molar-refractivity contribution in [1.82, 2.24) is 5.32 Å². The summed E-state index contributed by atoms with van der Waals surface area (Å²) < 4.78 is 23.6. The number of carbonyl (C=O) groups excluding carboxylic acids is 2. The summed E-state index contributed by atoms with van der Waals surface area (Å²) in [7, 11) is 1.50. The van der Waals surface area contributed by atoms with Crippen molar-refractivity contribution < 1.29 is 23.5 Å². The summed E-state index contributed by atoms with van der Waals surface area (Å²) in [6, 6.07) is 11.1. The number of ether oxygens (including phenoxy) is 2. The van der Waals surface area contributed by atoms with Gasteiger partial charge in [0, 0.05) is 0 Å². The molecule has 0 aromatic heterocycles. The van der Waals surface area contributed by atoms with Crippen molar-refractivity contribution in [3.8, 4) is 11.5 Å². The van der Waals surface area contributed by atoms with Gasteiger partial charge in [-0.25, -0.2) is 4.39 Å². The Morgan fingerprint density at radius 2 is 1.84 bits per heavy atom. The quantitative estimate of drug-likeness (QED) is 0.806. The van der Waals surface area contributed by atoms with Gasteiger partial charge >= 0.3 is 0 Å². The first-order chi connectivity index (χ1) is 12.0. The minimum Gasteiger partial charge on any atom is -0.495 e. The average Bonchev–Trinajstić information content (AvgIpc) is 2.59. The first kappa shape index (κ1) is 18.3. The van der Waals surface area contributed by atoms with Crippen molar-refractivity contribution in [3.05, 3.63) is 53.8 Å². The number of methoxy groups -OCH3 is 1. The monoisotopic (exact) mass is 346 g/mol. The number of aryl methyl sites for hydroxylation is 1. The van der Waals surface area contributed by atoms with E-state index in [4.69, 9.17) is 9.47 Å². The first-order valence-electron chi connectivity index (χ1n) is 7.58. The molecule has 0 unspecified atom stereocenters. The number of anilines is 1. The Bertz CT molecular complexity index is 764. The summed E-state index contributed by atoms with van der Waals surface area (Å²) in [4.78, 5) is 23.6. The molecule has 6 nitrogen and oxygen atoms in total. The molecule has 0 bridgehead atoms. The molecule has 2 aromatic rings. The maximum Gasteiger partial charge on any atom is 0.258 e. The Hall–Kier alpha value is -3.09.